The minimum atomic E-state index is -5.12. The molecule has 1 rings (SSSR count). The van der Waals surface area contributed by atoms with Gasteiger partial charge in [0.1, 0.15) is 11.6 Å². The minimum Gasteiger partial charge on any atom is -0.480 e. The second-order valence-corrected chi connectivity index (χ2v) is 5.49. The van der Waals surface area contributed by atoms with Gasteiger partial charge in [-0.15, -0.1) is 11.3 Å². The predicted molar refractivity (Wildman–Crippen MR) is 71.3 cm³/mol. The number of carbonyl (C=O) groups excluding carboxylic acids is 1. The average Bonchev–Trinajstić information content (AvgIpc) is 2.81. The third-order valence-electron chi connectivity index (χ3n) is 2.91. The van der Waals surface area contributed by atoms with Gasteiger partial charge in [-0.1, -0.05) is 0 Å². The fraction of sp³-hybridized carbons (Fsp3) is 0.583. The first-order valence-electron chi connectivity index (χ1n) is 6.22. The lowest BCUT2D eigenvalue weighted by molar-refractivity contribution is -0.268. The van der Waals surface area contributed by atoms with Crippen LogP contribution >= 0.6 is 11.3 Å². The Morgan fingerprint density at radius 3 is 2.36 bits per heavy atom. The van der Waals surface area contributed by atoms with Crippen LogP contribution < -0.4 is 0 Å². The van der Waals surface area contributed by atoms with Crippen molar-refractivity contribution in [3.8, 4) is 0 Å². The van der Waals surface area contributed by atoms with Gasteiger partial charge in [0.25, 0.3) is 0 Å². The molecule has 0 aromatic carbocycles. The van der Waals surface area contributed by atoms with Crippen LogP contribution in [-0.2, 0) is 15.2 Å². The second-order valence-electron chi connectivity index (χ2n) is 4.63. The number of aryl methyl sites for hydroxylation is 1. The Morgan fingerprint density at radius 1 is 1.41 bits per heavy atom. The summed E-state index contributed by atoms with van der Waals surface area (Å²) in [4.78, 5) is 26.9. The van der Waals surface area contributed by atoms with E-state index in [1.807, 2.05) is 0 Å². The van der Waals surface area contributed by atoms with E-state index >= 15 is 0 Å². The molecular formula is C12H15F3N2O4S. The molecule has 1 aromatic heterocycles. The number of rotatable bonds is 6. The van der Waals surface area contributed by atoms with Crippen molar-refractivity contribution in [1.82, 2.24) is 9.88 Å². The molecule has 1 unspecified atom stereocenters. The highest BCUT2D eigenvalue weighted by molar-refractivity contribution is 7.09. The molecule has 0 spiro atoms. The van der Waals surface area contributed by atoms with E-state index < -0.39 is 41.6 Å². The van der Waals surface area contributed by atoms with Gasteiger partial charge in [-0.05, 0) is 13.8 Å². The molecule has 2 N–H and O–H groups in total. The van der Waals surface area contributed by atoms with Crippen molar-refractivity contribution >= 4 is 23.2 Å². The zero-order chi connectivity index (χ0) is 17.1. The molecule has 0 bridgehead atoms. The maximum atomic E-state index is 13.2. The summed E-state index contributed by atoms with van der Waals surface area (Å²) in [7, 11) is 0. The van der Waals surface area contributed by atoms with Gasteiger partial charge in [0.15, 0.2) is 0 Å². The number of amides is 1. The van der Waals surface area contributed by atoms with Gasteiger partial charge in [0.05, 0.1) is 6.42 Å². The molecule has 0 saturated carbocycles. The first-order valence-corrected chi connectivity index (χ1v) is 7.10. The molecule has 1 atom stereocenters. The van der Waals surface area contributed by atoms with Crippen LogP contribution in [0.3, 0.4) is 0 Å². The Labute approximate surface area is 128 Å². The summed E-state index contributed by atoms with van der Waals surface area (Å²) < 4.78 is 39.7. The van der Waals surface area contributed by atoms with Gasteiger partial charge in [-0.25, -0.2) is 4.98 Å². The monoisotopic (exact) mass is 340 g/mol. The van der Waals surface area contributed by atoms with Gasteiger partial charge in [0.2, 0.25) is 11.5 Å². The Bertz CT molecular complexity index is 561. The van der Waals surface area contributed by atoms with E-state index in [1.54, 1.807) is 0 Å². The number of carboxylic acids is 1. The number of halogens is 3. The lowest BCUT2D eigenvalue weighted by atomic mass is 9.98. The van der Waals surface area contributed by atoms with Crippen molar-refractivity contribution < 1.29 is 33.0 Å². The summed E-state index contributed by atoms with van der Waals surface area (Å²) in [5.41, 5.74) is -3.15. The molecular weight excluding hydrogens is 325 g/mol. The van der Waals surface area contributed by atoms with Gasteiger partial charge >= 0.3 is 12.1 Å². The number of hydrogen-bond donors (Lipinski definition) is 2. The lowest BCUT2D eigenvalue weighted by Gasteiger charge is -2.30. The third kappa shape index (κ3) is 3.95. The van der Waals surface area contributed by atoms with Crippen LogP contribution in [0.25, 0.3) is 0 Å². The van der Waals surface area contributed by atoms with Gasteiger partial charge in [-0.3, -0.25) is 9.59 Å². The van der Waals surface area contributed by atoms with E-state index in [4.69, 9.17) is 5.11 Å². The molecule has 0 aliphatic heterocycles. The highest BCUT2D eigenvalue weighted by Crippen LogP contribution is 2.43. The highest BCUT2D eigenvalue weighted by atomic mass is 32.1. The van der Waals surface area contributed by atoms with Gasteiger partial charge in [-0.2, -0.15) is 13.2 Å². The topological polar surface area (TPSA) is 90.7 Å². The molecule has 10 heteroatoms. The lowest BCUT2D eigenvalue weighted by Crippen LogP contribution is -2.47. The maximum absolute atomic E-state index is 13.2. The number of nitrogens with zero attached hydrogens (tertiary/aromatic N) is 2. The van der Waals surface area contributed by atoms with E-state index in [2.05, 4.69) is 4.98 Å². The summed E-state index contributed by atoms with van der Waals surface area (Å²) in [6.07, 6.45) is -6.43. The van der Waals surface area contributed by atoms with Crippen molar-refractivity contribution in [2.24, 2.45) is 0 Å². The van der Waals surface area contributed by atoms with Gasteiger partial charge in [0, 0.05) is 17.6 Å². The first kappa shape index (κ1) is 18.4. The number of thiazole rings is 1. The van der Waals surface area contributed by atoms with Crippen LogP contribution in [0.5, 0.6) is 0 Å². The van der Waals surface area contributed by atoms with Crippen LogP contribution in [0.2, 0.25) is 0 Å². The minimum absolute atomic E-state index is 0.0873. The number of carbonyl (C=O) groups is 2. The van der Waals surface area contributed by atoms with Crippen LogP contribution in [0.4, 0.5) is 13.2 Å². The number of likely N-dealkylation sites (N-methyl/N-ethyl adjacent to an activating group) is 1. The van der Waals surface area contributed by atoms with Crippen LogP contribution in [0, 0.1) is 6.92 Å². The molecule has 124 valence electrons. The molecule has 0 fully saturated rings. The molecule has 0 aliphatic rings. The maximum Gasteiger partial charge on any atom is 0.424 e. The van der Waals surface area contributed by atoms with E-state index in [9.17, 15) is 27.9 Å². The Morgan fingerprint density at radius 2 is 2.00 bits per heavy atom. The van der Waals surface area contributed by atoms with Gasteiger partial charge < -0.3 is 15.1 Å². The summed E-state index contributed by atoms with van der Waals surface area (Å²) in [6, 6.07) is 0. The molecule has 0 aliphatic carbocycles. The molecule has 0 radical (unpaired) electrons. The summed E-state index contributed by atoms with van der Waals surface area (Å²) in [6.45, 7) is 2.07. The van der Waals surface area contributed by atoms with Crippen molar-refractivity contribution in [3.05, 3.63) is 16.1 Å². The molecule has 22 heavy (non-hydrogen) atoms. The normalized spacial score (nSPS) is 14.5. The summed E-state index contributed by atoms with van der Waals surface area (Å²) >= 11 is 0.590. The van der Waals surface area contributed by atoms with E-state index in [-0.39, 0.29) is 12.2 Å². The SMILES string of the molecule is CCN(CC(=O)O)C(=O)CC(O)(c1nc(C)cs1)C(F)(F)F. The largest absolute Gasteiger partial charge is 0.480 e. The second kappa shape index (κ2) is 6.61. The average molecular weight is 340 g/mol. The van der Waals surface area contributed by atoms with E-state index in [1.165, 1.54) is 19.2 Å². The van der Waals surface area contributed by atoms with E-state index in [0.29, 0.717) is 11.3 Å². The summed E-state index contributed by atoms with van der Waals surface area (Å²) in [5.74, 6) is -2.46. The number of alkyl halides is 3. The zero-order valence-electron chi connectivity index (χ0n) is 11.8. The first-order chi connectivity index (χ1) is 10.0. The number of aliphatic hydroxyl groups is 1. The molecule has 1 heterocycles. The quantitative estimate of drug-likeness (QED) is 0.819. The molecule has 0 saturated heterocycles. The van der Waals surface area contributed by atoms with Crippen LogP contribution in [0.15, 0.2) is 5.38 Å². The number of aromatic nitrogens is 1. The Kier molecular flexibility index (Phi) is 5.52. The van der Waals surface area contributed by atoms with Crippen molar-refractivity contribution in [1.29, 1.82) is 0 Å². The zero-order valence-corrected chi connectivity index (χ0v) is 12.7. The van der Waals surface area contributed by atoms with Crippen molar-refractivity contribution in [2.45, 2.75) is 32.0 Å². The highest BCUT2D eigenvalue weighted by Gasteiger charge is 2.58. The number of hydrogen-bond acceptors (Lipinski definition) is 5. The van der Waals surface area contributed by atoms with Crippen molar-refractivity contribution in [2.75, 3.05) is 13.1 Å². The number of aliphatic carboxylic acids is 1. The third-order valence-corrected chi connectivity index (χ3v) is 4.02. The number of carboxylic acid groups (broad SMARTS) is 1. The smallest absolute Gasteiger partial charge is 0.424 e. The van der Waals surface area contributed by atoms with Crippen molar-refractivity contribution in [3.63, 3.8) is 0 Å². The Hall–Kier alpha value is -1.68. The fourth-order valence-corrected chi connectivity index (χ4v) is 2.63. The Balaban J connectivity index is 3.10. The predicted octanol–water partition coefficient (Wildman–Crippen LogP) is 1.52. The summed E-state index contributed by atoms with van der Waals surface area (Å²) in [5, 5.41) is 19.3. The molecule has 6 nitrogen and oxygen atoms in total. The van der Waals surface area contributed by atoms with Crippen LogP contribution in [0.1, 0.15) is 24.0 Å². The fourth-order valence-electron chi connectivity index (χ4n) is 1.71. The molecule has 1 amide bonds. The molecule has 1 aromatic rings. The van der Waals surface area contributed by atoms with E-state index in [0.717, 1.165) is 4.90 Å². The van der Waals surface area contributed by atoms with Crippen LogP contribution in [-0.4, -0.2) is 51.2 Å². The standard InChI is InChI=1S/C12H15F3N2O4S/c1-3-17(5-9(19)20)8(18)4-11(21,12(13,14)15)10-16-7(2)6-22-10/h6,21H,3-5H2,1-2H3,(H,19,20).